The number of nitrogens with two attached hydrogens (primary N) is 1. The zero-order valence-electron chi connectivity index (χ0n) is 11.8. The SMILES string of the molecule is CN(Cc1ccc(N)cc1)c1nccc2c(Br)cccc12. The number of fused-ring (bicyclic) bond motifs is 1. The second kappa shape index (κ2) is 5.74. The lowest BCUT2D eigenvalue weighted by Gasteiger charge is -2.20. The number of halogens is 1. The molecule has 2 N–H and O–H groups in total. The average Bonchev–Trinajstić information content (AvgIpc) is 2.49. The Bertz CT molecular complexity index is 769. The summed E-state index contributed by atoms with van der Waals surface area (Å²) in [6.07, 6.45) is 1.85. The van der Waals surface area contributed by atoms with Gasteiger partial charge in [-0.05, 0) is 29.8 Å². The molecule has 0 bridgehead atoms. The molecule has 0 aliphatic carbocycles. The fourth-order valence-corrected chi connectivity index (χ4v) is 2.93. The summed E-state index contributed by atoms with van der Waals surface area (Å²) in [5, 5.41) is 2.32. The third-order valence-corrected chi connectivity index (χ3v) is 4.18. The highest BCUT2D eigenvalue weighted by molar-refractivity contribution is 9.10. The molecule has 0 saturated carbocycles. The number of hydrogen-bond donors (Lipinski definition) is 1. The van der Waals surface area contributed by atoms with Gasteiger partial charge < -0.3 is 10.6 Å². The molecule has 0 spiro atoms. The van der Waals surface area contributed by atoms with Gasteiger partial charge >= 0.3 is 0 Å². The molecule has 2 aromatic carbocycles. The molecule has 1 heterocycles. The number of nitrogen functional groups attached to an aromatic ring is 1. The Balaban J connectivity index is 1.96. The molecule has 0 radical (unpaired) electrons. The molecule has 0 aliphatic rings. The van der Waals surface area contributed by atoms with Gasteiger partial charge in [0.2, 0.25) is 0 Å². The van der Waals surface area contributed by atoms with Gasteiger partial charge in [-0.2, -0.15) is 0 Å². The average molecular weight is 342 g/mol. The van der Waals surface area contributed by atoms with Crippen LogP contribution in [0.1, 0.15) is 5.56 Å². The van der Waals surface area contributed by atoms with Gasteiger partial charge in [-0.1, -0.05) is 40.2 Å². The number of anilines is 2. The molecule has 3 nitrogen and oxygen atoms in total. The maximum Gasteiger partial charge on any atom is 0.136 e. The number of pyridine rings is 1. The summed E-state index contributed by atoms with van der Waals surface area (Å²) in [5.41, 5.74) is 7.72. The molecular formula is C17H16BrN3. The normalized spacial score (nSPS) is 10.8. The van der Waals surface area contributed by atoms with Gasteiger partial charge in [-0.25, -0.2) is 4.98 Å². The third-order valence-electron chi connectivity index (χ3n) is 3.49. The van der Waals surface area contributed by atoms with Gasteiger partial charge in [0.15, 0.2) is 0 Å². The summed E-state index contributed by atoms with van der Waals surface area (Å²) in [7, 11) is 2.05. The monoisotopic (exact) mass is 341 g/mol. The topological polar surface area (TPSA) is 42.1 Å². The van der Waals surface area contributed by atoms with Crippen LogP contribution in [0.25, 0.3) is 10.8 Å². The van der Waals surface area contributed by atoms with E-state index in [1.54, 1.807) is 0 Å². The molecule has 0 amide bonds. The van der Waals surface area contributed by atoms with Crippen molar-refractivity contribution in [2.45, 2.75) is 6.54 Å². The van der Waals surface area contributed by atoms with Crippen molar-refractivity contribution in [2.24, 2.45) is 0 Å². The van der Waals surface area contributed by atoms with E-state index in [4.69, 9.17) is 5.73 Å². The van der Waals surface area contributed by atoms with Crippen LogP contribution in [-0.4, -0.2) is 12.0 Å². The quantitative estimate of drug-likeness (QED) is 0.725. The van der Waals surface area contributed by atoms with Crippen molar-refractivity contribution in [3.8, 4) is 0 Å². The van der Waals surface area contributed by atoms with Crippen LogP contribution in [0, 0.1) is 0 Å². The van der Waals surface area contributed by atoms with Crippen LogP contribution in [0.3, 0.4) is 0 Å². The predicted molar refractivity (Wildman–Crippen MR) is 92.4 cm³/mol. The maximum atomic E-state index is 5.73. The number of aromatic nitrogens is 1. The van der Waals surface area contributed by atoms with Gasteiger partial charge in [0.25, 0.3) is 0 Å². The molecule has 0 aliphatic heterocycles. The number of benzene rings is 2. The Morgan fingerprint density at radius 2 is 1.81 bits per heavy atom. The fourth-order valence-electron chi connectivity index (χ4n) is 2.43. The fraction of sp³-hybridized carbons (Fsp3) is 0.118. The van der Waals surface area contributed by atoms with Crippen LogP contribution < -0.4 is 10.6 Å². The minimum Gasteiger partial charge on any atom is -0.399 e. The van der Waals surface area contributed by atoms with Crippen LogP contribution in [0.2, 0.25) is 0 Å². The first-order valence-electron chi connectivity index (χ1n) is 6.74. The van der Waals surface area contributed by atoms with Crippen molar-refractivity contribution in [1.82, 2.24) is 4.98 Å². The molecule has 0 fully saturated rings. The second-order valence-electron chi connectivity index (χ2n) is 5.07. The second-order valence-corrected chi connectivity index (χ2v) is 5.92. The van der Waals surface area contributed by atoms with Crippen LogP contribution in [0.15, 0.2) is 59.2 Å². The molecule has 3 aromatic rings. The molecule has 4 heteroatoms. The maximum absolute atomic E-state index is 5.73. The number of rotatable bonds is 3. The van der Waals surface area contributed by atoms with E-state index < -0.39 is 0 Å². The molecule has 106 valence electrons. The zero-order valence-corrected chi connectivity index (χ0v) is 13.3. The van der Waals surface area contributed by atoms with Gasteiger partial charge in [-0.3, -0.25) is 0 Å². The highest BCUT2D eigenvalue weighted by atomic mass is 79.9. The lowest BCUT2D eigenvalue weighted by atomic mass is 10.1. The minimum absolute atomic E-state index is 0.786. The van der Waals surface area contributed by atoms with Crippen molar-refractivity contribution in [1.29, 1.82) is 0 Å². The van der Waals surface area contributed by atoms with E-state index in [-0.39, 0.29) is 0 Å². The lowest BCUT2D eigenvalue weighted by molar-refractivity contribution is 0.905. The Morgan fingerprint density at radius 3 is 2.57 bits per heavy atom. The minimum atomic E-state index is 0.786. The first-order chi connectivity index (χ1) is 10.1. The van der Waals surface area contributed by atoms with E-state index in [1.807, 2.05) is 48.7 Å². The van der Waals surface area contributed by atoms with Crippen LogP contribution in [0.5, 0.6) is 0 Å². The highest BCUT2D eigenvalue weighted by Crippen LogP contribution is 2.29. The Kier molecular flexibility index (Phi) is 3.80. The van der Waals surface area contributed by atoms with Crippen molar-refractivity contribution < 1.29 is 0 Å². The van der Waals surface area contributed by atoms with E-state index >= 15 is 0 Å². The zero-order chi connectivity index (χ0) is 14.8. The van der Waals surface area contributed by atoms with Crippen molar-refractivity contribution in [3.05, 3.63) is 64.8 Å². The summed E-state index contributed by atoms with van der Waals surface area (Å²) in [6, 6.07) is 16.2. The number of hydrogen-bond acceptors (Lipinski definition) is 3. The number of nitrogens with zero attached hydrogens (tertiary/aromatic N) is 2. The van der Waals surface area contributed by atoms with Crippen LogP contribution in [-0.2, 0) is 6.54 Å². The third kappa shape index (κ3) is 2.85. The van der Waals surface area contributed by atoms with E-state index in [0.29, 0.717) is 0 Å². The van der Waals surface area contributed by atoms with Gasteiger partial charge in [-0.15, -0.1) is 0 Å². The Labute approximate surface area is 132 Å². The smallest absolute Gasteiger partial charge is 0.136 e. The summed E-state index contributed by atoms with van der Waals surface area (Å²) in [4.78, 5) is 6.70. The van der Waals surface area contributed by atoms with E-state index in [2.05, 4.69) is 38.9 Å². The summed E-state index contributed by atoms with van der Waals surface area (Å²) >= 11 is 3.59. The lowest BCUT2D eigenvalue weighted by Crippen LogP contribution is -2.18. The van der Waals surface area contributed by atoms with Crippen LogP contribution in [0.4, 0.5) is 11.5 Å². The van der Waals surface area contributed by atoms with Gasteiger partial charge in [0, 0.05) is 40.7 Å². The highest BCUT2D eigenvalue weighted by Gasteiger charge is 2.09. The standard InChI is InChI=1S/C17H16BrN3/c1-21(11-12-5-7-13(19)8-6-12)17-15-3-2-4-16(18)14(15)9-10-20-17/h2-10H,11,19H2,1H3. The first-order valence-corrected chi connectivity index (χ1v) is 7.53. The van der Waals surface area contributed by atoms with E-state index in [1.165, 1.54) is 10.9 Å². The van der Waals surface area contributed by atoms with Crippen LogP contribution >= 0.6 is 15.9 Å². The molecule has 0 unspecified atom stereocenters. The largest absolute Gasteiger partial charge is 0.399 e. The Hall–Kier alpha value is -2.07. The summed E-state index contributed by atoms with van der Waals surface area (Å²) < 4.78 is 1.09. The van der Waals surface area contributed by atoms with Crippen molar-refractivity contribution >= 4 is 38.2 Å². The summed E-state index contributed by atoms with van der Waals surface area (Å²) in [5.74, 6) is 0.977. The van der Waals surface area contributed by atoms with E-state index in [9.17, 15) is 0 Å². The first kappa shape index (κ1) is 13.9. The van der Waals surface area contributed by atoms with Crippen molar-refractivity contribution in [2.75, 3.05) is 17.7 Å². The molecule has 0 atom stereocenters. The molecular weight excluding hydrogens is 326 g/mol. The molecule has 21 heavy (non-hydrogen) atoms. The van der Waals surface area contributed by atoms with Gasteiger partial charge in [0.05, 0.1) is 0 Å². The Morgan fingerprint density at radius 1 is 1.05 bits per heavy atom. The van der Waals surface area contributed by atoms with Crippen molar-refractivity contribution in [3.63, 3.8) is 0 Å². The summed E-state index contributed by atoms with van der Waals surface area (Å²) in [6.45, 7) is 0.791. The predicted octanol–water partition coefficient (Wildman–Crippen LogP) is 4.22. The molecule has 0 saturated heterocycles. The van der Waals surface area contributed by atoms with E-state index in [0.717, 1.165) is 27.9 Å². The molecule has 1 aromatic heterocycles. The van der Waals surface area contributed by atoms with Gasteiger partial charge in [0.1, 0.15) is 5.82 Å². The molecule has 3 rings (SSSR count).